The molecule has 0 saturated carbocycles. The highest BCUT2D eigenvalue weighted by molar-refractivity contribution is 9.09. The van der Waals surface area contributed by atoms with Crippen molar-refractivity contribution in [3.05, 3.63) is 30.0 Å². The Kier molecular flexibility index (Phi) is 7.06. The van der Waals surface area contributed by atoms with Gasteiger partial charge in [-0.15, -0.1) is 0 Å². The Labute approximate surface area is 160 Å². The van der Waals surface area contributed by atoms with Crippen LogP contribution in [-0.4, -0.2) is 33.1 Å². The molecule has 10 heteroatoms. The van der Waals surface area contributed by atoms with Crippen molar-refractivity contribution in [2.45, 2.75) is 18.2 Å². The van der Waals surface area contributed by atoms with Crippen LogP contribution in [0.2, 0.25) is 0 Å². The van der Waals surface area contributed by atoms with Crippen LogP contribution in [0.5, 0.6) is 17.2 Å². The van der Waals surface area contributed by atoms with Crippen molar-refractivity contribution < 1.29 is 32.2 Å². The van der Waals surface area contributed by atoms with Crippen LogP contribution in [-0.2, 0) is 15.7 Å². The number of para-hydroxylation sites is 1. The van der Waals surface area contributed by atoms with Crippen molar-refractivity contribution in [3.63, 3.8) is 0 Å². The third-order valence-corrected chi connectivity index (χ3v) is 4.74. The molecule has 1 atom stereocenters. The van der Waals surface area contributed by atoms with Crippen molar-refractivity contribution in [2.75, 3.05) is 13.7 Å². The van der Waals surface area contributed by atoms with E-state index in [0.29, 0.717) is 17.7 Å². The summed E-state index contributed by atoms with van der Waals surface area (Å²) in [7, 11) is -1.24. The van der Waals surface area contributed by atoms with Crippen LogP contribution in [0.3, 0.4) is 0 Å². The van der Waals surface area contributed by atoms with Gasteiger partial charge in [0.1, 0.15) is 5.75 Å². The summed E-state index contributed by atoms with van der Waals surface area (Å²) in [6.45, 7) is 1.34. The van der Waals surface area contributed by atoms with Crippen LogP contribution in [0.1, 0.15) is 23.9 Å². The molecule has 142 valence electrons. The zero-order valence-corrected chi connectivity index (χ0v) is 16.5. The Balaban J connectivity index is 2.45. The molecule has 1 aromatic carbocycles. The minimum absolute atomic E-state index is 0.0843. The third-order valence-electron chi connectivity index (χ3n) is 3.39. The van der Waals surface area contributed by atoms with Crippen LogP contribution in [0, 0.1) is 0 Å². The second-order valence-corrected chi connectivity index (χ2v) is 7.12. The number of rotatable bonds is 8. The molecule has 0 aliphatic rings. The lowest BCUT2D eigenvalue weighted by atomic mass is 10.1. The number of carbonyl (C=O) groups is 1. The molecule has 0 aliphatic heterocycles. The number of nitrogens with one attached hydrogen (secondary N) is 1. The predicted molar refractivity (Wildman–Crippen MR) is 98.3 cm³/mol. The molecule has 2 N–H and O–H groups in total. The quantitative estimate of drug-likeness (QED) is 0.323. The van der Waals surface area contributed by atoms with Crippen LogP contribution < -0.4 is 14.2 Å². The van der Waals surface area contributed by atoms with Gasteiger partial charge >= 0.3 is 5.97 Å². The van der Waals surface area contributed by atoms with E-state index in [4.69, 9.17) is 13.9 Å². The number of ether oxygens (including phenoxy) is 2. The monoisotopic (exact) mass is 447 g/mol. The molecule has 0 saturated heterocycles. The second-order valence-electron chi connectivity index (χ2n) is 5.19. The van der Waals surface area contributed by atoms with E-state index >= 15 is 0 Å². The average molecular weight is 448 g/mol. The first-order valence-electron chi connectivity index (χ1n) is 7.54. The molecule has 26 heavy (non-hydrogen) atoms. The second kappa shape index (κ2) is 9.06. The Hall–Kier alpha value is -2.04. The Bertz CT molecular complexity index is 854. The van der Waals surface area contributed by atoms with Crippen LogP contribution in [0.4, 0.5) is 0 Å². The van der Waals surface area contributed by atoms with E-state index in [1.807, 2.05) is 0 Å². The van der Waals surface area contributed by atoms with Crippen LogP contribution >= 0.6 is 15.9 Å². The summed E-state index contributed by atoms with van der Waals surface area (Å²) in [5.41, 5.74) is 0.479. The number of hydrogen-bond donors (Lipinski definition) is 3. The molecule has 8 nitrogen and oxygen atoms in total. The van der Waals surface area contributed by atoms with Gasteiger partial charge < -0.3 is 19.0 Å². The number of methoxy groups -OCH3 is 1. The summed E-state index contributed by atoms with van der Waals surface area (Å²) < 4.78 is 39.6. The fraction of sp³-hybridized carbons (Fsp3) is 0.312. The molecule has 1 aromatic heterocycles. The zero-order chi connectivity index (χ0) is 19.3. The van der Waals surface area contributed by atoms with E-state index in [9.17, 15) is 18.3 Å². The van der Waals surface area contributed by atoms with Gasteiger partial charge in [-0.2, -0.15) is 0 Å². The molecule has 0 amide bonds. The first-order chi connectivity index (χ1) is 12.3. The summed E-state index contributed by atoms with van der Waals surface area (Å²) in [5, 5.41) is 10.5. The van der Waals surface area contributed by atoms with Gasteiger partial charge in [-0.3, -0.25) is 4.79 Å². The lowest BCUT2D eigenvalue weighted by Gasteiger charge is -2.08. The van der Waals surface area contributed by atoms with E-state index in [1.165, 1.54) is 14.0 Å². The normalized spacial score (nSPS) is 12.2. The maximum absolute atomic E-state index is 11.4. The van der Waals surface area contributed by atoms with Gasteiger partial charge in [-0.05, 0) is 18.6 Å². The van der Waals surface area contributed by atoms with Crippen molar-refractivity contribution in [1.82, 2.24) is 4.72 Å². The molecule has 0 fully saturated rings. The van der Waals surface area contributed by atoms with E-state index in [0.717, 1.165) is 0 Å². The number of esters is 1. The van der Waals surface area contributed by atoms with E-state index in [1.54, 1.807) is 24.3 Å². The van der Waals surface area contributed by atoms with Gasteiger partial charge in [-0.1, -0.05) is 28.1 Å². The summed E-state index contributed by atoms with van der Waals surface area (Å²) >= 11 is 3.37. The number of benzene rings is 1. The zero-order valence-electron chi connectivity index (χ0n) is 14.0. The number of hydrogen-bond acceptors (Lipinski definition) is 7. The highest BCUT2D eigenvalue weighted by Gasteiger charge is 2.29. The predicted octanol–water partition coefficient (Wildman–Crippen LogP) is 2.53. The first kappa shape index (κ1) is 20.3. The number of furan rings is 1. The number of aromatic hydroxyl groups is 1. The molecule has 0 aliphatic carbocycles. The number of halogens is 1. The maximum atomic E-state index is 11.4. The van der Waals surface area contributed by atoms with Crippen molar-refractivity contribution in [1.29, 1.82) is 0 Å². The van der Waals surface area contributed by atoms with Gasteiger partial charge in [0.2, 0.25) is 22.4 Å². The minimum Gasteiger partial charge on any atom is -0.502 e. The van der Waals surface area contributed by atoms with Gasteiger partial charge in [0.05, 0.1) is 17.5 Å². The van der Waals surface area contributed by atoms with Crippen molar-refractivity contribution >= 4 is 32.8 Å². The lowest BCUT2D eigenvalue weighted by Crippen LogP contribution is -2.14. The molecule has 1 heterocycles. The average Bonchev–Trinajstić information content (AvgIpc) is 2.90. The minimum atomic E-state index is -2.72. The summed E-state index contributed by atoms with van der Waals surface area (Å²) in [6, 6.07) is 6.89. The largest absolute Gasteiger partial charge is 0.502 e. The van der Waals surface area contributed by atoms with Crippen LogP contribution in [0.15, 0.2) is 28.7 Å². The van der Waals surface area contributed by atoms with Gasteiger partial charge in [0.25, 0.3) is 0 Å². The number of thiol groups is 1. The van der Waals surface area contributed by atoms with Crippen molar-refractivity contribution in [3.8, 4) is 28.6 Å². The molecule has 2 aromatic rings. The highest BCUT2D eigenvalue weighted by atomic mass is 79.9. The standard InChI is InChI=1S/C16H18BrNO7S/c1-9(19)24-16-13(20)14(10-5-3-4-6-12(10)23-2)25-15(16)11(17)7-8-18-26(21)22/h3-6,11,20,26H,7-8H2,1-2H3,(H,18,21,22). The van der Waals surface area contributed by atoms with E-state index in [2.05, 4.69) is 20.7 Å². The Morgan fingerprint density at radius 2 is 2.08 bits per heavy atom. The van der Waals surface area contributed by atoms with Gasteiger partial charge in [0, 0.05) is 13.5 Å². The first-order valence-corrected chi connectivity index (χ1v) is 9.63. The Morgan fingerprint density at radius 3 is 2.69 bits per heavy atom. The number of carbonyl (C=O) groups excluding carboxylic acids is 1. The molecule has 0 spiro atoms. The topological polar surface area (TPSA) is 115 Å². The fourth-order valence-electron chi connectivity index (χ4n) is 2.30. The highest BCUT2D eigenvalue weighted by Crippen LogP contribution is 2.49. The molecule has 2 rings (SSSR count). The molecular formula is C16H18BrNO7S. The molecule has 1 unspecified atom stereocenters. The summed E-state index contributed by atoms with van der Waals surface area (Å²) in [4.78, 5) is 10.9. The smallest absolute Gasteiger partial charge is 0.308 e. The van der Waals surface area contributed by atoms with E-state index < -0.39 is 21.7 Å². The van der Waals surface area contributed by atoms with Gasteiger partial charge in [0.15, 0.2) is 11.5 Å². The summed E-state index contributed by atoms with van der Waals surface area (Å²) in [6.07, 6.45) is 0.301. The van der Waals surface area contributed by atoms with E-state index in [-0.39, 0.29) is 29.6 Å². The molecule has 0 bridgehead atoms. The molecule has 0 radical (unpaired) electrons. The third kappa shape index (κ3) is 4.77. The lowest BCUT2D eigenvalue weighted by molar-refractivity contribution is -0.132. The maximum Gasteiger partial charge on any atom is 0.308 e. The fourth-order valence-corrected chi connectivity index (χ4v) is 3.14. The van der Waals surface area contributed by atoms with Gasteiger partial charge in [-0.25, -0.2) is 13.1 Å². The Morgan fingerprint density at radius 1 is 1.38 bits per heavy atom. The molecular weight excluding hydrogens is 430 g/mol. The summed E-state index contributed by atoms with van der Waals surface area (Å²) in [5.74, 6) is -0.371. The SMILES string of the molecule is COc1ccccc1-c1oc(C(Br)CCN[SH](=O)=O)c(OC(C)=O)c1O. The number of alkyl halides is 1. The van der Waals surface area contributed by atoms with Crippen LogP contribution in [0.25, 0.3) is 11.3 Å². The van der Waals surface area contributed by atoms with Crippen molar-refractivity contribution in [2.24, 2.45) is 0 Å².